The van der Waals surface area contributed by atoms with Crippen LogP contribution in [0.15, 0.2) is 42.5 Å². The number of hydrogen-bond acceptors (Lipinski definition) is 3. The Morgan fingerprint density at radius 3 is 2.35 bits per heavy atom. The molecule has 0 unspecified atom stereocenters. The molecule has 26 heavy (non-hydrogen) atoms. The normalized spacial score (nSPS) is 15.8. The lowest BCUT2D eigenvalue weighted by molar-refractivity contribution is -0.117. The number of carbonyl (C=O) groups is 1. The van der Waals surface area contributed by atoms with Crippen molar-refractivity contribution in [3.05, 3.63) is 65.0 Å². The largest absolute Gasteiger partial charge is 0.325 e. The van der Waals surface area contributed by atoms with Gasteiger partial charge in [-0.25, -0.2) is 4.39 Å². The molecule has 0 aromatic heterocycles. The summed E-state index contributed by atoms with van der Waals surface area (Å²) >= 11 is 0. The second-order valence-electron chi connectivity index (χ2n) is 6.97. The average molecular weight is 355 g/mol. The van der Waals surface area contributed by atoms with E-state index in [0.717, 1.165) is 49.5 Å². The smallest absolute Gasteiger partial charge is 0.238 e. The number of nitrogens with one attached hydrogen (secondary N) is 1. The average Bonchev–Trinajstić information content (AvgIpc) is 2.62. The first-order valence-corrected chi connectivity index (χ1v) is 9.06. The van der Waals surface area contributed by atoms with Crippen molar-refractivity contribution in [3.8, 4) is 0 Å². The Bertz CT molecular complexity index is 752. The van der Waals surface area contributed by atoms with Crippen LogP contribution in [0.25, 0.3) is 0 Å². The maximum Gasteiger partial charge on any atom is 0.238 e. The number of rotatable bonds is 5. The van der Waals surface area contributed by atoms with Gasteiger partial charge in [0.15, 0.2) is 0 Å². The van der Waals surface area contributed by atoms with Gasteiger partial charge in [0.05, 0.1) is 6.54 Å². The van der Waals surface area contributed by atoms with Crippen LogP contribution in [0.4, 0.5) is 10.1 Å². The lowest BCUT2D eigenvalue weighted by Gasteiger charge is -2.34. The lowest BCUT2D eigenvalue weighted by Crippen LogP contribution is -2.48. The van der Waals surface area contributed by atoms with Gasteiger partial charge in [0.25, 0.3) is 0 Å². The number of anilines is 1. The standard InChI is InChI=1S/C21H26FN3O/c1-16-4-3-5-20(17(16)2)23-21(26)15-25-12-10-24(11-13-25)14-18-6-8-19(22)9-7-18/h3-9H,10-15H2,1-2H3,(H,23,26). The van der Waals surface area contributed by atoms with Gasteiger partial charge in [-0.05, 0) is 48.7 Å². The zero-order valence-corrected chi connectivity index (χ0v) is 15.5. The first-order chi connectivity index (χ1) is 12.5. The summed E-state index contributed by atoms with van der Waals surface area (Å²) in [5.41, 5.74) is 4.31. The van der Waals surface area contributed by atoms with E-state index < -0.39 is 0 Å². The Hall–Kier alpha value is -2.24. The molecule has 0 spiro atoms. The van der Waals surface area contributed by atoms with E-state index in [4.69, 9.17) is 0 Å². The minimum absolute atomic E-state index is 0.0330. The van der Waals surface area contributed by atoms with Crippen molar-refractivity contribution >= 4 is 11.6 Å². The van der Waals surface area contributed by atoms with Crippen LogP contribution in [0.1, 0.15) is 16.7 Å². The summed E-state index contributed by atoms with van der Waals surface area (Å²) in [6, 6.07) is 12.6. The summed E-state index contributed by atoms with van der Waals surface area (Å²) in [6.45, 7) is 8.86. The molecule has 5 heteroatoms. The van der Waals surface area contributed by atoms with Gasteiger partial charge in [-0.1, -0.05) is 24.3 Å². The van der Waals surface area contributed by atoms with Crippen LogP contribution >= 0.6 is 0 Å². The SMILES string of the molecule is Cc1cccc(NC(=O)CN2CCN(Cc3ccc(F)cc3)CC2)c1C. The lowest BCUT2D eigenvalue weighted by atomic mass is 10.1. The van der Waals surface area contributed by atoms with Crippen molar-refractivity contribution in [3.63, 3.8) is 0 Å². The summed E-state index contributed by atoms with van der Waals surface area (Å²) in [7, 11) is 0. The van der Waals surface area contributed by atoms with E-state index in [-0.39, 0.29) is 11.7 Å². The number of piperazine rings is 1. The monoisotopic (exact) mass is 355 g/mol. The molecule has 0 saturated carbocycles. The van der Waals surface area contributed by atoms with E-state index in [9.17, 15) is 9.18 Å². The van der Waals surface area contributed by atoms with E-state index >= 15 is 0 Å². The molecule has 0 bridgehead atoms. The molecule has 1 aliphatic heterocycles. The Kier molecular flexibility index (Phi) is 6.01. The number of carbonyl (C=O) groups excluding carboxylic acids is 1. The molecule has 3 rings (SSSR count). The van der Waals surface area contributed by atoms with E-state index in [0.29, 0.717) is 6.54 Å². The van der Waals surface area contributed by atoms with Crippen molar-refractivity contribution in [1.29, 1.82) is 0 Å². The molecular weight excluding hydrogens is 329 g/mol. The molecule has 0 aliphatic carbocycles. The minimum Gasteiger partial charge on any atom is -0.325 e. The highest BCUT2D eigenvalue weighted by Crippen LogP contribution is 2.18. The molecule has 1 saturated heterocycles. The molecule has 0 radical (unpaired) electrons. The number of amides is 1. The van der Waals surface area contributed by atoms with Crippen molar-refractivity contribution in [2.75, 3.05) is 38.0 Å². The maximum absolute atomic E-state index is 13.0. The summed E-state index contributed by atoms with van der Waals surface area (Å²) in [6.07, 6.45) is 0. The van der Waals surface area contributed by atoms with Crippen molar-refractivity contribution in [2.24, 2.45) is 0 Å². The van der Waals surface area contributed by atoms with E-state index in [1.807, 2.05) is 44.2 Å². The first kappa shape index (κ1) is 18.5. The molecule has 4 nitrogen and oxygen atoms in total. The molecule has 1 fully saturated rings. The molecule has 1 amide bonds. The highest BCUT2D eigenvalue weighted by Gasteiger charge is 2.19. The fourth-order valence-electron chi connectivity index (χ4n) is 3.23. The highest BCUT2D eigenvalue weighted by molar-refractivity contribution is 5.93. The van der Waals surface area contributed by atoms with Crippen LogP contribution in [0.5, 0.6) is 0 Å². The third-order valence-corrected chi connectivity index (χ3v) is 5.03. The molecule has 1 heterocycles. The second kappa shape index (κ2) is 8.43. The quantitative estimate of drug-likeness (QED) is 0.895. The summed E-state index contributed by atoms with van der Waals surface area (Å²) in [5.74, 6) is -0.167. The molecule has 1 N–H and O–H groups in total. The molecular formula is C21H26FN3O. The van der Waals surface area contributed by atoms with Gasteiger partial charge in [-0.3, -0.25) is 14.6 Å². The van der Waals surface area contributed by atoms with Gasteiger partial charge in [0.1, 0.15) is 5.82 Å². The Balaban J connectivity index is 1.45. The second-order valence-corrected chi connectivity index (χ2v) is 6.97. The molecule has 0 atom stereocenters. The maximum atomic E-state index is 13.0. The predicted molar refractivity (Wildman–Crippen MR) is 103 cm³/mol. The molecule has 138 valence electrons. The molecule has 2 aromatic carbocycles. The summed E-state index contributed by atoms with van der Waals surface area (Å²) in [5, 5.41) is 3.02. The number of hydrogen-bond donors (Lipinski definition) is 1. The predicted octanol–water partition coefficient (Wildman–Crippen LogP) is 3.20. The van der Waals surface area contributed by atoms with E-state index in [2.05, 4.69) is 15.1 Å². The van der Waals surface area contributed by atoms with Crippen LogP contribution in [-0.2, 0) is 11.3 Å². The van der Waals surface area contributed by atoms with Crippen LogP contribution < -0.4 is 5.32 Å². The summed E-state index contributed by atoms with van der Waals surface area (Å²) < 4.78 is 13.0. The van der Waals surface area contributed by atoms with Crippen molar-refractivity contribution < 1.29 is 9.18 Å². The third-order valence-electron chi connectivity index (χ3n) is 5.03. The zero-order valence-electron chi connectivity index (χ0n) is 15.5. The number of aryl methyl sites for hydroxylation is 1. The van der Waals surface area contributed by atoms with E-state index in [1.165, 1.54) is 17.7 Å². The number of benzene rings is 2. The Labute approximate surface area is 154 Å². The van der Waals surface area contributed by atoms with Crippen molar-refractivity contribution in [2.45, 2.75) is 20.4 Å². The van der Waals surface area contributed by atoms with Gasteiger partial charge in [-0.15, -0.1) is 0 Å². The Morgan fingerprint density at radius 1 is 1.00 bits per heavy atom. The topological polar surface area (TPSA) is 35.6 Å². The van der Waals surface area contributed by atoms with E-state index in [1.54, 1.807) is 0 Å². The van der Waals surface area contributed by atoms with Crippen LogP contribution in [0, 0.1) is 19.7 Å². The fourth-order valence-corrected chi connectivity index (χ4v) is 3.23. The highest BCUT2D eigenvalue weighted by atomic mass is 19.1. The molecule has 2 aromatic rings. The van der Waals surface area contributed by atoms with Crippen LogP contribution in [-0.4, -0.2) is 48.4 Å². The summed E-state index contributed by atoms with van der Waals surface area (Å²) in [4.78, 5) is 16.9. The van der Waals surface area contributed by atoms with Gasteiger partial charge < -0.3 is 5.32 Å². The van der Waals surface area contributed by atoms with Crippen molar-refractivity contribution in [1.82, 2.24) is 9.80 Å². The third kappa shape index (κ3) is 4.90. The fraction of sp³-hybridized carbons (Fsp3) is 0.381. The first-order valence-electron chi connectivity index (χ1n) is 9.06. The number of halogens is 1. The van der Waals surface area contributed by atoms with Crippen LogP contribution in [0.2, 0.25) is 0 Å². The van der Waals surface area contributed by atoms with Crippen LogP contribution in [0.3, 0.4) is 0 Å². The van der Waals surface area contributed by atoms with Gasteiger partial charge in [-0.2, -0.15) is 0 Å². The zero-order chi connectivity index (χ0) is 18.5. The molecule has 1 aliphatic rings. The van der Waals surface area contributed by atoms with Gasteiger partial charge in [0.2, 0.25) is 5.91 Å². The number of nitrogens with zero attached hydrogens (tertiary/aromatic N) is 2. The van der Waals surface area contributed by atoms with Gasteiger partial charge >= 0.3 is 0 Å². The Morgan fingerprint density at radius 2 is 1.65 bits per heavy atom. The van der Waals surface area contributed by atoms with Gasteiger partial charge in [0, 0.05) is 38.4 Å². The minimum atomic E-state index is -0.201.